The zero-order valence-electron chi connectivity index (χ0n) is 8.94. The summed E-state index contributed by atoms with van der Waals surface area (Å²) in [5, 5.41) is 0.741. The average molecular weight is 231 g/mol. The van der Waals surface area contributed by atoms with Crippen molar-refractivity contribution in [1.29, 1.82) is 0 Å². The van der Waals surface area contributed by atoms with Crippen LogP contribution in [0.1, 0.15) is 11.1 Å². The van der Waals surface area contributed by atoms with Crippen molar-refractivity contribution in [3.8, 4) is 0 Å². The zero-order chi connectivity index (χ0) is 11.1. The molecule has 3 heteroatoms. The van der Waals surface area contributed by atoms with E-state index in [-0.39, 0.29) is 0 Å². The highest BCUT2D eigenvalue weighted by molar-refractivity contribution is 6.33. The molecule has 2 aliphatic rings. The third-order valence-electron chi connectivity index (χ3n) is 2.77. The molecule has 80 valence electrons. The van der Waals surface area contributed by atoms with E-state index in [1.54, 1.807) is 0 Å². The number of halogens is 1. The molecule has 0 spiro atoms. The molecule has 0 unspecified atom stereocenters. The lowest BCUT2D eigenvalue weighted by Crippen LogP contribution is -2.27. The summed E-state index contributed by atoms with van der Waals surface area (Å²) >= 11 is 6.21. The fourth-order valence-corrected chi connectivity index (χ4v) is 2.39. The van der Waals surface area contributed by atoms with Crippen molar-refractivity contribution in [2.45, 2.75) is 13.5 Å². The number of aryl methyl sites for hydroxylation is 1. The van der Waals surface area contributed by atoms with Crippen molar-refractivity contribution < 1.29 is 0 Å². The maximum Gasteiger partial charge on any atom is 0.133 e. The highest BCUT2D eigenvalue weighted by atomic mass is 35.5. The summed E-state index contributed by atoms with van der Waals surface area (Å²) in [6, 6.07) is 4.11. The number of hydrogen-bond acceptors (Lipinski definition) is 2. The van der Waals surface area contributed by atoms with E-state index in [9.17, 15) is 0 Å². The van der Waals surface area contributed by atoms with Gasteiger partial charge in [0.25, 0.3) is 0 Å². The van der Waals surface area contributed by atoms with Gasteiger partial charge in [0.15, 0.2) is 0 Å². The molecule has 3 rings (SSSR count). The molecule has 0 N–H and O–H groups in total. The fraction of sp³-hybridized carbons (Fsp3) is 0.154. The van der Waals surface area contributed by atoms with Gasteiger partial charge in [-0.3, -0.25) is 0 Å². The van der Waals surface area contributed by atoms with Gasteiger partial charge in [0.2, 0.25) is 0 Å². The van der Waals surface area contributed by atoms with Crippen LogP contribution in [0, 0.1) is 6.92 Å². The zero-order valence-corrected chi connectivity index (χ0v) is 9.70. The lowest BCUT2D eigenvalue weighted by Gasteiger charge is -2.28. The Labute approximate surface area is 99.6 Å². The van der Waals surface area contributed by atoms with Gasteiger partial charge in [-0.2, -0.15) is 0 Å². The van der Waals surface area contributed by atoms with Gasteiger partial charge in [-0.15, -0.1) is 0 Å². The Bertz CT molecular complexity index is 541. The van der Waals surface area contributed by atoms with Crippen LogP contribution in [0.5, 0.6) is 0 Å². The number of fused-ring (bicyclic) bond motifs is 2. The summed E-state index contributed by atoms with van der Waals surface area (Å²) in [4.78, 5) is 6.70. The lowest BCUT2D eigenvalue weighted by molar-refractivity contribution is 0.544. The van der Waals surface area contributed by atoms with E-state index in [4.69, 9.17) is 11.6 Å². The summed E-state index contributed by atoms with van der Waals surface area (Å²) in [5.74, 6) is 0.959. The Morgan fingerprint density at radius 2 is 2.19 bits per heavy atom. The molecule has 1 aromatic rings. The van der Waals surface area contributed by atoms with Crippen molar-refractivity contribution in [3.63, 3.8) is 0 Å². The van der Waals surface area contributed by atoms with Gasteiger partial charge < -0.3 is 4.90 Å². The summed E-state index contributed by atoms with van der Waals surface area (Å²) in [5.41, 5.74) is 3.28. The summed E-state index contributed by atoms with van der Waals surface area (Å²) in [6.45, 7) is 2.90. The first kappa shape index (κ1) is 9.67. The van der Waals surface area contributed by atoms with Crippen LogP contribution in [0.25, 0.3) is 0 Å². The molecule has 2 heterocycles. The van der Waals surface area contributed by atoms with E-state index in [0.717, 1.165) is 23.1 Å². The smallest absolute Gasteiger partial charge is 0.133 e. The molecular formula is C13H11ClN2. The first-order chi connectivity index (χ1) is 7.74. The van der Waals surface area contributed by atoms with Gasteiger partial charge >= 0.3 is 0 Å². The van der Waals surface area contributed by atoms with Crippen LogP contribution in [-0.2, 0) is 6.54 Å². The molecule has 0 aliphatic carbocycles. The predicted molar refractivity (Wildman–Crippen MR) is 67.1 cm³/mol. The summed E-state index contributed by atoms with van der Waals surface area (Å²) in [6.07, 6.45) is 8.04. The monoisotopic (exact) mass is 230 g/mol. The van der Waals surface area contributed by atoms with Crippen molar-refractivity contribution >= 4 is 23.1 Å². The van der Waals surface area contributed by atoms with Gasteiger partial charge in [0, 0.05) is 6.20 Å². The molecule has 0 saturated carbocycles. The minimum absolute atomic E-state index is 0.741. The molecule has 2 nitrogen and oxygen atoms in total. The second-order valence-electron chi connectivity index (χ2n) is 4.05. The molecule has 0 bridgehead atoms. The summed E-state index contributed by atoms with van der Waals surface area (Å²) < 4.78 is 0. The van der Waals surface area contributed by atoms with Crippen LogP contribution in [0.2, 0.25) is 5.02 Å². The van der Waals surface area contributed by atoms with Crippen molar-refractivity contribution in [3.05, 3.63) is 52.7 Å². The van der Waals surface area contributed by atoms with Crippen LogP contribution >= 0.6 is 11.6 Å². The topological polar surface area (TPSA) is 15.6 Å². The molecule has 0 amide bonds. The van der Waals surface area contributed by atoms with E-state index < -0.39 is 0 Å². The molecule has 2 aliphatic heterocycles. The number of hydrogen-bond donors (Lipinski definition) is 0. The van der Waals surface area contributed by atoms with E-state index in [0.29, 0.717) is 0 Å². The molecule has 0 saturated heterocycles. The van der Waals surface area contributed by atoms with Gasteiger partial charge in [-0.1, -0.05) is 23.7 Å². The van der Waals surface area contributed by atoms with Crippen LogP contribution < -0.4 is 0 Å². The molecular weight excluding hydrogens is 220 g/mol. The Morgan fingerprint density at radius 3 is 3.06 bits per heavy atom. The Balaban J connectivity index is 2.17. The molecule has 0 atom stereocenters. The first-order valence-corrected chi connectivity index (χ1v) is 5.61. The highest BCUT2D eigenvalue weighted by Gasteiger charge is 2.19. The number of nitrogens with zero attached hydrogens (tertiary/aromatic N) is 2. The number of aliphatic imine (C=N–C) groups is 1. The second-order valence-corrected chi connectivity index (χ2v) is 4.46. The third kappa shape index (κ3) is 1.46. The number of allylic oxidation sites excluding steroid dienone is 2. The van der Waals surface area contributed by atoms with E-state index in [2.05, 4.69) is 22.9 Å². The van der Waals surface area contributed by atoms with Gasteiger partial charge in [-0.25, -0.2) is 4.99 Å². The van der Waals surface area contributed by atoms with E-state index >= 15 is 0 Å². The maximum absolute atomic E-state index is 6.21. The molecule has 0 aromatic heterocycles. The fourth-order valence-electron chi connectivity index (χ4n) is 2.05. The standard InChI is InChI=1S/C13H11ClN2/c1-9-6-10-8-16-5-3-2-4-12(16)15-13(10)11(14)7-9/h2-7H,8H2,1H3. The van der Waals surface area contributed by atoms with Crippen LogP contribution in [0.3, 0.4) is 0 Å². The van der Waals surface area contributed by atoms with Gasteiger partial charge in [0.1, 0.15) is 5.84 Å². The molecule has 0 radical (unpaired) electrons. The van der Waals surface area contributed by atoms with Gasteiger partial charge in [-0.05, 0) is 36.3 Å². The van der Waals surface area contributed by atoms with Crippen LogP contribution in [0.15, 0.2) is 41.6 Å². The van der Waals surface area contributed by atoms with E-state index in [1.807, 2.05) is 30.5 Å². The highest BCUT2D eigenvalue weighted by Crippen LogP contribution is 2.35. The third-order valence-corrected chi connectivity index (χ3v) is 3.06. The minimum atomic E-state index is 0.741. The van der Waals surface area contributed by atoms with Crippen LogP contribution in [-0.4, -0.2) is 10.7 Å². The van der Waals surface area contributed by atoms with Crippen molar-refractivity contribution in [2.75, 3.05) is 0 Å². The Hall–Kier alpha value is -1.54. The van der Waals surface area contributed by atoms with Gasteiger partial charge in [0.05, 0.1) is 17.3 Å². The minimum Gasteiger partial charge on any atom is -0.329 e. The molecule has 0 fully saturated rings. The molecule has 1 aromatic carbocycles. The van der Waals surface area contributed by atoms with Crippen molar-refractivity contribution in [1.82, 2.24) is 4.90 Å². The largest absolute Gasteiger partial charge is 0.329 e. The lowest BCUT2D eigenvalue weighted by atomic mass is 10.1. The maximum atomic E-state index is 6.21. The average Bonchev–Trinajstić information content (AvgIpc) is 2.27. The Kier molecular flexibility index (Phi) is 2.11. The quantitative estimate of drug-likeness (QED) is 0.665. The number of benzene rings is 1. The number of amidine groups is 1. The SMILES string of the molecule is Cc1cc(Cl)c2c(c1)CN1C=CC=CC1=N2. The van der Waals surface area contributed by atoms with Crippen molar-refractivity contribution in [2.24, 2.45) is 4.99 Å². The number of rotatable bonds is 0. The summed E-state index contributed by atoms with van der Waals surface area (Å²) in [7, 11) is 0. The van der Waals surface area contributed by atoms with E-state index in [1.165, 1.54) is 11.1 Å². The first-order valence-electron chi connectivity index (χ1n) is 5.23. The van der Waals surface area contributed by atoms with Crippen LogP contribution in [0.4, 0.5) is 5.69 Å². The molecule has 16 heavy (non-hydrogen) atoms. The normalized spacial score (nSPS) is 16.9. The second kappa shape index (κ2) is 3.49. The predicted octanol–water partition coefficient (Wildman–Crippen LogP) is 3.58. The Morgan fingerprint density at radius 1 is 1.31 bits per heavy atom.